The topological polar surface area (TPSA) is 89.0 Å². The second kappa shape index (κ2) is 7.21. The van der Waals surface area contributed by atoms with Crippen molar-refractivity contribution in [2.45, 2.75) is 4.90 Å². The van der Waals surface area contributed by atoms with Gasteiger partial charge in [-0.05, 0) is 36.4 Å². The van der Waals surface area contributed by atoms with E-state index in [0.29, 0.717) is 5.39 Å². The molecule has 1 N–H and O–H groups in total. The van der Waals surface area contributed by atoms with E-state index in [2.05, 4.69) is 14.7 Å². The average Bonchev–Trinajstić information content (AvgIpc) is 2.73. The third-order valence-electron chi connectivity index (χ3n) is 4.25. The van der Waals surface area contributed by atoms with Crippen LogP contribution in [0.2, 0.25) is 0 Å². The number of carbonyl (C=O) groups excluding carboxylic acids is 1. The van der Waals surface area contributed by atoms with E-state index < -0.39 is 10.0 Å². The molecule has 0 bridgehead atoms. The molecule has 0 saturated heterocycles. The molecule has 138 valence electrons. The van der Waals surface area contributed by atoms with Crippen LogP contribution in [0.1, 0.15) is 16.1 Å². The Kier molecular flexibility index (Phi) is 4.58. The highest BCUT2D eigenvalue weighted by Gasteiger charge is 2.21. The quantitative estimate of drug-likeness (QED) is 0.526. The second-order valence-electron chi connectivity index (χ2n) is 6.05. The van der Waals surface area contributed by atoms with Gasteiger partial charge >= 0.3 is 0 Å². The normalized spacial score (nSPS) is 11.3. The maximum absolute atomic E-state index is 13.2. The number of ketones is 1. The molecule has 0 saturated carbocycles. The van der Waals surface area contributed by atoms with Crippen molar-refractivity contribution >= 4 is 32.3 Å². The molecule has 28 heavy (non-hydrogen) atoms. The minimum absolute atomic E-state index is 0.117. The van der Waals surface area contributed by atoms with E-state index >= 15 is 0 Å². The van der Waals surface area contributed by atoms with Gasteiger partial charge in [0.1, 0.15) is 5.69 Å². The number of sulfonamides is 1. The fourth-order valence-corrected chi connectivity index (χ4v) is 4.00. The summed E-state index contributed by atoms with van der Waals surface area (Å²) >= 11 is 0. The van der Waals surface area contributed by atoms with Crippen molar-refractivity contribution in [2.24, 2.45) is 0 Å². The Hall–Kier alpha value is -3.58. The molecule has 0 radical (unpaired) electrons. The predicted octanol–water partition coefficient (Wildman–Crippen LogP) is 3.66. The number of nitrogens with one attached hydrogen (secondary N) is 1. The number of aromatic nitrogens is 2. The highest BCUT2D eigenvalue weighted by atomic mass is 32.2. The number of hydrogen-bond acceptors (Lipinski definition) is 5. The van der Waals surface area contributed by atoms with Crippen molar-refractivity contribution < 1.29 is 13.2 Å². The van der Waals surface area contributed by atoms with E-state index in [0.717, 1.165) is 5.39 Å². The maximum Gasteiger partial charge on any atom is 0.261 e. The lowest BCUT2D eigenvalue weighted by atomic mass is 10.0. The minimum atomic E-state index is -3.83. The number of anilines is 1. The molecular formula is C21H15N3O3S. The predicted molar refractivity (Wildman–Crippen MR) is 107 cm³/mol. The third kappa shape index (κ3) is 3.35. The van der Waals surface area contributed by atoms with E-state index in [-0.39, 0.29) is 27.6 Å². The molecule has 2 aromatic carbocycles. The van der Waals surface area contributed by atoms with Gasteiger partial charge in [-0.15, -0.1) is 0 Å². The van der Waals surface area contributed by atoms with Gasteiger partial charge in [0, 0.05) is 34.9 Å². The highest BCUT2D eigenvalue weighted by molar-refractivity contribution is 7.92. The molecule has 0 aliphatic heterocycles. The van der Waals surface area contributed by atoms with Crippen molar-refractivity contribution in [2.75, 3.05) is 4.72 Å². The van der Waals surface area contributed by atoms with E-state index in [1.807, 2.05) is 0 Å². The maximum atomic E-state index is 13.2. The van der Waals surface area contributed by atoms with Crippen LogP contribution in [-0.4, -0.2) is 24.2 Å². The van der Waals surface area contributed by atoms with Gasteiger partial charge in [0.2, 0.25) is 5.78 Å². The van der Waals surface area contributed by atoms with Crippen LogP contribution in [0.4, 0.5) is 5.69 Å². The van der Waals surface area contributed by atoms with Crippen LogP contribution in [0.5, 0.6) is 0 Å². The molecular weight excluding hydrogens is 374 g/mol. The molecule has 4 rings (SSSR count). The Balaban J connectivity index is 1.77. The van der Waals surface area contributed by atoms with E-state index in [4.69, 9.17) is 0 Å². The first-order chi connectivity index (χ1) is 13.6. The van der Waals surface area contributed by atoms with E-state index in [1.54, 1.807) is 67.0 Å². The Morgan fingerprint density at radius 1 is 0.857 bits per heavy atom. The summed E-state index contributed by atoms with van der Waals surface area (Å²) in [5, 5.41) is 1.44. The minimum Gasteiger partial charge on any atom is -0.287 e. The van der Waals surface area contributed by atoms with Gasteiger partial charge in [0.05, 0.1) is 10.6 Å². The fourth-order valence-electron chi connectivity index (χ4n) is 2.90. The SMILES string of the molecule is O=C(c1ccccc1NS(=O)(=O)c1ccccc1)c1nccc2cnccc12. The van der Waals surface area contributed by atoms with Crippen molar-refractivity contribution in [3.8, 4) is 0 Å². The van der Waals surface area contributed by atoms with Crippen molar-refractivity contribution in [1.29, 1.82) is 0 Å². The van der Waals surface area contributed by atoms with Gasteiger partial charge in [-0.1, -0.05) is 30.3 Å². The van der Waals surface area contributed by atoms with Crippen LogP contribution in [0.15, 0.2) is 90.2 Å². The van der Waals surface area contributed by atoms with Gasteiger partial charge in [0.25, 0.3) is 10.0 Å². The Bertz CT molecular complexity index is 1270. The molecule has 0 atom stereocenters. The molecule has 6 nitrogen and oxygen atoms in total. The summed E-state index contributed by atoms with van der Waals surface area (Å²) < 4.78 is 27.9. The molecule has 0 unspecified atom stereocenters. The molecule has 2 heterocycles. The van der Waals surface area contributed by atoms with Crippen molar-refractivity contribution in [1.82, 2.24) is 9.97 Å². The molecule has 4 aromatic rings. The number of fused-ring (bicyclic) bond motifs is 1. The van der Waals surface area contributed by atoms with E-state index in [1.165, 1.54) is 18.3 Å². The first kappa shape index (κ1) is 17.8. The summed E-state index contributed by atoms with van der Waals surface area (Å²) in [6, 6.07) is 18.0. The summed E-state index contributed by atoms with van der Waals surface area (Å²) in [7, 11) is -3.83. The lowest BCUT2D eigenvalue weighted by molar-refractivity contribution is 0.103. The number of nitrogens with zero attached hydrogens (tertiary/aromatic N) is 2. The zero-order chi connectivity index (χ0) is 19.6. The number of carbonyl (C=O) groups is 1. The number of pyridine rings is 2. The van der Waals surface area contributed by atoms with Crippen molar-refractivity contribution in [3.05, 3.63) is 96.6 Å². The van der Waals surface area contributed by atoms with Gasteiger partial charge < -0.3 is 0 Å². The number of rotatable bonds is 5. The lowest BCUT2D eigenvalue weighted by Crippen LogP contribution is -2.16. The Labute approximate surface area is 162 Å². The lowest BCUT2D eigenvalue weighted by Gasteiger charge is -2.12. The van der Waals surface area contributed by atoms with Crippen LogP contribution in [-0.2, 0) is 10.0 Å². The van der Waals surface area contributed by atoms with E-state index in [9.17, 15) is 13.2 Å². The molecule has 0 spiro atoms. The number of para-hydroxylation sites is 1. The molecule has 0 amide bonds. The van der Waals surface area contributed by atoms with Crippen molar-refractivity contribution in [3.63, 3.8) is 0 Å². The van der Waals surface area contributed by atoms with Gasteiger partial charge in [-0.25, -0.2) is 8.42 Å². The highest BCUT2D eigenvalue weighted by Crippen LogP contribution is 2.25. The Morgan fingerprint density at radius 3 is 2.43 bits per heavy atom. The van der Waals surface area contributed by atoms with Gasteiger partial charge in [-0.3, -0.25) is 19.5 Å². The van der Waals surface area contributed by atoms with Crippen LogP contribution >= 0.6 is 0 Å². The first-order valence-electron chi connectivity index (χ1n) is 8.46. The molecule has 0 fully saturated rings. The summed E-state index contributed by atoms with van der Waals surface area (Å²) in [6.45, 7) is 0. The molecule has 0 aliphatic carbocycles. The molecule has 7 heteroatoms. The zero-order valence-corrected chi connectivity index (χ0v) is 15.4. The summed E-state index contributed by atoms with van der Waals surface area (Å²) in [5.74, 6) is -0.372. The van der Waals surface area contributed by atoms with Gasteiger partial charge in [-0.2, -0.15) is 0 Å². The largest absolute Gasteiger partial charge is 0.287 e. The van der Waals surface area contributed by atoms with Crippen LogP contribution in [0.25, 0.3) is 10.8 Å². The zero-order valence-electron chi connectivity index (χ0n) is 14.6. The fraction of sp³-hybridized carbons (Fsp3) is 0. The summed E-state index contributed by atoms with van der Waals surface area (Å²) in [6.07, 6.45) is 4.77. The standard InChI is InChI=1S/C21H15N3O3S/c25-21(20-17-11-12-22-14-15(17)10-13-23-20)18-8-4-5-9-19(18)24-28(26,27)16-6-2-1-3-7-16/h1-14,24H. The number of hydrogen-bond donors (Lipinski definition) is 1. The average molecular weight is 389 g/mol. The third-order valence-corrected chi connectivity index (χ3v) is 5.63. The molecule has 2 aromatic heterocycles. The summed E-state index contributed by atoms with van der Waals surface area (Å²) in [4.78, 5) is 21.6. The van der Waals surface area contributed by atoms with Crippen LogP contribution < -0.4 is 4.72 Å². The van der Waals surface area contributed by atoms with Crippen LogP contribution in [0, 0.1) is 0 Å². The first-order valence-corrected chi connectivity index (χ1v) is 9.95. The smallest absolute Gasteiger partial charge is 0.261 e. The number of benzene rings is 2. The Morgan fingerprint density at radius 2 is 1.61 bits per heavy atom. The second-order valence-corrected chi connectivity index (χ2v) is 7.73. The molecule has 0 aliphatic rings. The van der Waals surface area contributed by atoms with Crippen LogP contribution in [0.3, 0.4) is 0 Å². The monoisotopic (exact) mass is 389 g/mol. The summed E-state index contributed by atoms with van der Waals surface area (Å²) in [5.41, 5.74) is 0.661. The van der Waals surface area contributed by atoms with Gasteiger partial charge in [0.15, 0.2) is 0 Å².